The Morgan fingerprint density at radius 2 is 1.11 bits per heavy atom. The molecule has 0 aliphatic carbocycles. The lowest BCUT2D eigenvalue weighted by Crippen LogP contribution is -2.39. The predicted molar refractivity (Wildman–Crippen MR) is 212 cm³/mol. The molecule has 1 aromatic heterocycles. The fraction of sp³-hybridized carbons (Fsp3) is 0.244. The first-order valence-corrected chi connectivity index (χ1v) is 18.4. The number of nitrogens with zero attached hydrogens (tertiary/aromatic N) is 3. The van der Waals surface area contributed by atoms with Crippen molar-refractivity contribution >= 4 is 51.1 Å². The predicted octanol–water partition coefficient (Wildman–Crippen LogP) is 10.2. The molecule has 7 nitrogen and oxygen atoms in total. The van der Waals surface area contributed by atoms with Gasteiger partial charge in [-0.2, -0.15) is 0 Å². The third-order valence-corrected chi connectivity index (χ3v) is 10.8. The lowest BCUT2D eigenvalue weighted by atomic mass is 9.78. The minimum absolute atomic E-state index is 0.00956. The summed E-state index contributed by atoms with van der Waals surface area (Å²) in [6.45, 7) is 21.2. The third-order valence-electron chi connectivity index (χ3n) is 9.71. The Hall–Kier alpha value is -5.78. The molecular weight excluding hydrogens is 679 g/mol. The van der Waals surface area contributed by atoms with Gasteiger partial charge in [0.1, 0.15) is 17.1 Å². The molecule has 0 spiro atoms. The topological polar surface area (TPSA) is 71.3 Å². The summed E-state index contributed by atoms with van der Waals surface area (Å²) >= 11 is 1.31. The molecule has 0 saturated heterocycles. The largest absolute Gasteiger partial charge is 0.459 e. The molecule has 0 bridgehead atoms. The summed E-state index contributed by atoms with van der Waals surface area (Å²) in [7, 11) is 0. The average Bonchev–Trinajstić information content (AvgIpc) is 3.70. The van der Waals surface area contributed by atoms with Crippen LogP contribution >= 0.6 is 11.3 Å². The van der Waals surface area contributed by atoms with E-state index in [9.17, 15) is 14.4 Å². The van der Waals surface area contributed by atoms with Gasteiger partial charge in [0.15, 0.2) is 0 Å². The molecule has 8 heteroatoms. The van der Waals surface area contributed by atoms with Crippen molar-refractivity contribution in [2.24, 2.45) is 0 Å². The van der Waals surface area contributed by atoms with Crippen LogP contribution in [0.4, 0.5) is 16.4 Å². The summed E-state index contributed by atoms with van der Waals surface area (Å²) in [5.74, 6) is -2.21. The van der Waals surface area contributed by atoms with Crippen LogP contribution in [0.2, 0.25) is 0 Å². The Kier molecular flexibility index (Phi) is 10.0. The number of carbonyl (C=O) groups is 3. The van der Waals surface area contributed by atoms with Gasteiger partial charge in [-0.1, -0.05) is 113 Å². The first-order chi connectivity index (χ1) is 25.1. The molecule has 0 N–H and O–H groups in total. The number of imide groups is 1. The van der Waals surface area contributed by atoms with Crippen LogP contribution in [0.25, 0.3) is 10.4 Å². The molecule has 4 aromatic carbocycles. The Morgan fingerprint density at radius 1 is 0.660 bits per heavy atom. The molecule has 6 rings (SSSR count). The van der Waals surface area contributed by atoms with Crippen molar-refractivity contribution in [3.63, 3.8) is 0 Å². The molecule has 2 heterocycles. The van der Waals surface area contributed by atoms with Gasteiger partial charge in [-0.25, -0.2) is 4.85 Å². The van der Waals surface area contributed by atoms with Gasteiger partial charge in [0.2, 0.25) is 0 Å². The van der Waals surface area contributed by atoms with Crippen molar-refractivity contribution in [1.29, 1.82) is 0 Å². The minimum Gasteiger partial charge on any atom is -0.459 e. The Bertz CT molecular complexity index is 2130. The number of esters is 1. The normalized spacial score (nSPS) is 13.7. The van der Waals surface area contributed by atoms with Crippen molar-refractivity contribution < 1.29 is 19.1 Å². The summed E-state index contributed by atoms with van der Waals surface area (Å²) < 4.78 is 5.36. The van der Waals surface area contributed by atoms with E-state index in [1.54, 1.807) is 26.8 Å². The summed E-state index contributed by atoms with van der Waals surface area (Å²) in [5.41, 5.74) is 4.98. The second-order valence-corrected chi connectivity index (χ2v) is 16.2. The summed E-state index contributed by atoms with van der Waals surface area (Å²) in [5, 5.41) is 0.785. The lowest BCUT2D eigenvalue weighted by molar-refractivity contribution is -0.160. The minimum atomic E-state index is -0.800. The first kappa shape index (κ1) is 37.0. The van der Waals surface area contributed by atoms with Crippen LogP contribution < -0.4 is 4.90 Å². The number of anilines is 3. The van der Waals surface area contributed by atoms with Crippen LogP contribution in [0, 0.1) is 6.57 Å². The number of ether oxygens (including phenoxy) is 1. The van der Waals surface area contributed by atoms with Crippen LogP contribution in [0.15, 0.2) is 127 Å². The Balaban J connectivity index is 1.38. The standard InChI is InChI=1S/C45H43N3O4S/c1-43(2,3)52-38(49)29-47-41(50)39(40(46-8)42(47)51)36-27-28-37(53-36)48(34-23-19-32(20-24-34)44(4,5)30-15-11-9-12-16-30)35-25-21-33(22-26-35)45(6,7)31-17-13-10-14-18-31/h9-28H,29H2,1-7H3. The van der Waals surface area contributed by atoms with Gasteiger partial charge in [0.05, 0.1) is 12.1 Å². The molecule has 0 fully saturated rings. The number of hydrogen-bond acceptors (Lipinski definition) is 6. The maximum atomic E-state index is 13.7. The molecule has 0 atom stereocenters. The van der Waals surface area contributed by atoms with Crippen LogP contribution in [0.1, 0.15) is 75.6 Å². The maximum absolute atomic E-state index is 13.7. The fourth-order valence-corrected chi connectivity index (χ4v) is 7.70. The highest BCUT2D eigenvalue weighted by Crippen LogP contribution is 2.44. The van der Waals surface area contributed by atoms with E-state index in [1.165, 1.54) is 22.5 Å². The van der Waals surface area contributed by atoms with Gasteiger partial charge in [-0.3, -0.25) is 19.3 Å². The molecule has 1 aliphatic heterocycles. The monoisotopic (exact) mass is 721 g/mol. The van der Waals surface area contributed by atoms with Crippen LogP contribution in [0.5, 0.6) is 0 Å². The summed E-state index contributed by atoms with van der Waals surface area (Å²) in [6, 6.07) is 41.4. The van der Waals surface area contributed by atoms with E-state index in [4.69, 9.17) is 11.3 Å². The highest BCUT2D eigenvalue weighted by atomic mass is 32.1. The summed E-state index contributed by atoms with van der Waals surface area (Å²) in [6.07, 6.45) is 0. The lowest BCUT2D eigenvalue weighted by Gasteiger charge is -2.29. The van der Waals surface area contributed by atoms with E-state index in [-0.39, 0.29) is 22.1 Å². The quantitative estimate of drug-likeness (QED) is 0.0816. The zero-order valence-electron chi connectivity index (χ0n) is 31.1. The second kappa shape index (κ2) is 14.3. The third kappa shape index (κ3) is 7.44. The van der Waals surface area contributed by atoms with E-state index < -0.39 is 29.9 Å². The number of carbonyl (C=O) groups excluding carboxylic acids is 3. The van der Waals surface area contributed by atoms with Crippen LogP contribution in [-0.2, 0) is 30.0 Å². The number of thiophene rings is 1. The van der Waals surface area contributed by atoms with E-state index in [2.05, 4.69) is 135 Å². The van der Waals surface area contributed by atoms with Crippen molar-refractivity contribution in [2.75, 3.05) is 11.4 Å². The van der Waals surface area contributed by atoms with Gasteiger partial charge >= 0.3 is 5.97 Å². The first-order valence-electron chi connectivity index (χ1n) is 17.5. The van der Waals surface area contributed by atoms with E-state index >= 15 is 0 Å². The Labute approximate surface area is 316 Å². The van der Waals surface area contributed by atoms with Gasteiger partial charge in [0, 0.05) is 27.1 Å². The second-order valence-electron chi connectivity index (χ2n) is 15.2. The molecule has 0 saturated carbocycles. The zero-order valence-corrected chi connectivity index (χ0v) is 32.0. The van der Waals surface area contributed by atoms with E-state index in [0.29, 0.717) is 4.88 Å². The molecule has 268 valence electrons. The van der Waals surface area contributed by atoms with Crippen molar-refractivity contribution in [3.8, 4) is 0 Å². The number of rotatable bonds is 10. The molecule has 5 aromatic rings. The number of benzene rings is 4. The smallest absolute Gasteiger partial charge is 0.326 e. The van der Waals surface area contributed by atoms with Crippen LogP contribution in [-0.4, -0.2) is 34.8 Å². The van der Waals surface area contributed by atoms with E-state index in [1.807, 2.05) is 18.2 Å². The molecule has 1 aliphatic rings. The number of hydrogen-bond donors (Lipinski definition) is 0. The SMILES string of the molecule is [C-]#[N+]C1=C(c2ccc(N(c3ccc(C(C)(C)c4ccccc4)cc3)c3ccc(C(C)(C)c4ccccc4)cc3)s2)C(=O)N(CC(=O)OC(C)(C)C)C1=O. The highest BCUT2D eigenvalue weighted by Gasteiger charge is 2.42. The molecule has 0 radical (unpaired) electrons. The zero-order chi connectivity index (χ0) is 38.1. The number of amides is 2. The maximum Gasteiger partial charge on any atom is 0.326 e. The van der Waals surface area contributed by atoms with Crippen LogP contribution in [0.3, 0.4) is 0 Å². The van der Waals surface area contributed by atoms with Crippen molar-refractivity contribution in [2.45, 2.75) is 64.9 Å². The van der Waals surface area contributed by atoms with Gasteiger partial charge in [0.25, 0.3) is 17.5 Å². The van der Waals surface area contributed by atoms with Crippen molar-refractivity contribution in [3.05, 3.63) is 166 Å². The van der Waals surface area contributed by atoms with Gasteiger partial charge in [-0.15, -0.1) is 11.3 Å². The fourth-order valence-electron chi connectivity index (χ4n) is 6.62. The van der Waals surface area contributed by atoms with Crippen molar-refractivity contribution in [1.82, 2.24) is 4.90 Å². The van der Waals surface area contributed by atoms with Gasteiger partial charge in [-0.05, 0) is 79.4 Å². The highest BCUT2D eigenvalue weighted by molar-refractivity contribution is 7.17. The molecule has 0 unspecified atom stereocenters. The average molecular weight is 722 g/mol. The molecule has 2 amide bonds. The summed E-state index contributed by atoms with van der Waals surface area (Å²) in [4.78, 5) is 46.4. The Morgan fingerprint density at radius 3 is 1.55 bits per heavy atom. The van der Waals surface area contributed by atoms with Gasteiger partial charge < -0.3 is 9.64 Å². The van der Waals surface area contributed by atoms with E-state index in [0.717, 1.165) is 32.4 Å². The molecule has 53 heavy (non-hydrogen) atoms. The molecular formula is C45H43N3O4S.